The number of carbonyl (C=O) groups excluding carboxylic acids is 2. The van der Waals surface area contributed by atoms with Crippen molar-refractivity contribution in [3.63, 3.8) is 0 Å². The lowest BCUT2D eigenvalue weighted by Crippen LogP contribution is -2.46. The van der Waals surface area contributed by atoms with Crippen molar-refractivity contribution in [3.8, 4) is 0 Å². The van der Waals surface area contributed by atoms with Gasteiger partial charge in [-0.15, -0.1) is 0 Å². The van der Waals surface area contributed by atoms with E-state index in [4.69, 9.17) is 9.47 Å². The van der Waals surface area contributed by atoms with Crippen LogP contribution in [-0.2, 0) is 41.8 Å². The number of carbonyl (C=O) groups is 4. The quantitative estimate of drug-likeness (QED) is 0.583. The highest BCUT2D eigenvalue weighted by atomic mass is 16.8. The minimum Gasteiger partial charge on any atom is -0.478 e. The number of carboxylic acids is 2. The highest BCUT2D eigenvalue weighted by Crippen LogP contribution is 2.11. The average molecular weight is 418 g/mol. The largest absolute Gasteiger partial charge is 0.509 e. The summed E-state index contributed by atoms with van der Waals surface area (Å²) in [5.41, 5.74) is 1.19. The fourth-order valence-corrected chi connectivity index (χ4v) is 2.19. The molecule has 30 heavy (non-hydrogen) atoms. The van der Waals surface area contributed by atoms with Crippen molar-refractivity contribution in [1.29, 1.82) is 0 Å². The highest BCUT2D eigenvalue weighted by Gasteiger charge is 2.41. The molecule has 0 bridgehead atoms. The number of carboxylic acid groups (broad SMARTS) is 2. The predicted molar refractivity (Wildman–Crippen MR) is 98.3 cm³/mol. The molecule has 0 aromatic heterocycles. The zero-order chi connectivity index (χ0) is 21.9. The first kappa shape index (κ1) is 22.2. The van der Waals surface area contributed by atoms with Crippen LogP contribution in [0, 0.1) is 0 Å². The third-order valence-electron chi connectivity index (χ3n) is 3.61. The maximum atomic E-state index is 11.8. The number of rotatable bonds is 9. The molecule has 0 heterocycles. The Bertz CT molecular complexity index is 792. The molecular weight excluding hydrogens is 400 g/mol. The molecule has 0 fully saturated rings. The van der Waals surface area contributed by atoms with E-state index in [9.17, 15) is 29.4 Å². The average Bonchev–Trinajstić information content (AvgIpc) is 2.74. The summed E-state index contributed by atoms with van der Waals surface area (Å²) in [4.78, 5) is 46.3. The van der Waals surface area contributed by atoms with Gasteiger partial charge in [-0.05, 0) is 11.1 Å². The summed E-state index contributed by atoms with van der Waals surface area (Å²) >= 11 is 0. The standard InChI is InChI=1S/C20H18O10/c21-17(22)15(29-19(25)27-11-13-7-3-1-4-8-13)16(18(23)24)30-20(26)28-12-14-9-5-2-6-10-14/h1-10,15-16H,11-12H2,(H,21,22)(H,23,24)/t15-,16-/m1/s1. The molecule has 0 saturated carbocycles. The van der Waals surface area contributed by atoms with E-state index >= 15 is 0 Å². The van der Waals surface area contributed by atoms with Gasteiger partial charge in [0.25, 0.3) is 0 Å². The van der Waals surface area contributed by atoms with E-state index in [1.165, 1.54) is 0 Å². The van der Waals surface area contributed by atoms with Gasteiger partial charge in [0.15, 0.2) is 0 Å². The third kappa shape index (κ3) is 7.15. The Kier molecular flexibility index (Phi) is 8.18. The van der Waals surface area contributed by atoms with E-state index in [1.807, 2.05) is 0 Å². The molecule has 2 rings (SSSR count). The van der Waals surface area contributed by atoms with Crippen LogP contribution in [-0.4, -0.2) is 46.7 Å². The van der Waals surface area contributed by atoms with Gasteiger partial charge in [-0.3, -0.25) is 0 Å². The fraction of sp³-hybridized carbons (Fsp3) is 0.200. The lowest BCUT2D eigenvalue weighted by atomic mass is 10.2. The summed E-state index contributed by atoms with van der Waals surface area (Å²) in [6.07, 6.45) is -7.59. The zero-order valence-electron chi connectivity index (χ0n) is 15.5. The van der Waals surface area contributed by atoms with Crippen LogP contribution in [0.4, 0.5) is 9.59 Å². The van der Waals surface area contributed by atoms with Crippen molar-refractivity contribution in [2.45, 2.75) is 25.4 Å². The molecule has 0 spiro atoms. The number of ether oxygens (including phenoxy) is 4. The SMILES string of the molecule is O=C(OCc1ccccc1)O[C@@H](C(=O)O)[C@@H](OC(=O)OCc1ccccc1)C(=O)O. The molecule has 10 nitrogen and oxygen atoms in total. The number of aliphatic carboxylic acids is 2. The Balaban J connectivity index is 1.95. The summed E-state index contributed by atoms with van der Waals surface area (Å²) in [5.74, 6) is -3.70. The molecule has 0 radical (unpaired) electrons. The van der Waals surface area contributed by atoms with E-state index in [-0.39, 0.29) is 13.2 Å². The number of hydrogen-bond acceptors (Lipinski definition) is 8. The van der Waals surface area contributed by atoms with Crippen molar-refractivity contribution < 1.29 is 48.3 Å². The Labute approximate surface area is 170 Å². The van der Waals surface area contributed by atoms with Crippen molar-refractivity contribution >= 4 is 24.2 Å². The molecule has 10 heteroatoms. The molecule has 0 aliphatic rings. The van der Waals surface area contributed by atoms with Crippen molar-refractivity contribution in [3.05, 3.63) is 71.8 Å². The highest BCUT2D eigenvalue weighted by molar-refractivity contribution is 5.86. The van der Waals surface area contributed by atoms with E-state index in [0.29, 0.717) is 11.1 Å². The van der Waals surface area contributed by atoms with Crippen molar-refractivity contribution in [2.24, 2.45) is 0 Å². The second-order valence-electron chi connectivity index (χ2n) is 5.80. The molecule has 0 aliphatic heterocycles. The minimum atomic E-state index is -2.35. The minimum absolute atomic E-state index is 0.232. The third-order valence-corrected chi connectivity index (χ3v) is 3.61. The normalized spacial score (nSPS) is 12.1. The van der Waals surface area contributed by atoms with Gasteiger partial charge in [0, 0.05) is 0 Å². The second-order valence-corrected chi connectivity index (χ2v) is 5.80. The van der Waals surface area contributed by atoms with E-state index < -0.39 is 36.5 Å². The van der Waals surface area contributed by atoms with E-state index in [2.05, 4.69) is 9.47 Å². The van der Waals surface area contributed by atoms with Crippen molar-refractivity contribution in [2.75, 3.05) is 0 Å². The lowest BCUT2D eigenvalue weighted by molar-refractivity contribution is -0.169. The van der Waals surface area contributed by atoms with Crippen molar-refractivity contribution in [1.82, 2.24) is 0 Å². The van der Waals surface area contributed by atoms with Gasteiger partial charge in [0.2, 0.25) is 12.2 Å². The first-order valence-electron chi connectivity index (χ1n) is 8.57. The molecule has 0 aliphatic carbocycles. The topological polar surface area (TPSA) is 146 Å². The summed E-state index contributed by atoms with van der Waals surface area (Å²) < 4.78 is 18.6. The predicted octanol–water partition coefficient (Wildman–Crippen LogP) is 2.60. The number of hydrogen-bond donors (Lipinski definition) is 2. The lowest BCUT2D eigenvalue weighted by Gasteiger charge is -2.20. The van der Waals surface area contributed by atoms with Crippen LogP contribution in [0.1, 0.15) is 11.1 Å². The fourth-order valence-electron chi connectivity index (χ4n) is 2.19. The molecule has 0 saturated heterocycles. The van der Waals surface area contributed by atoms with Gasteiger partial charge >= 0.3 is 24.2 Å². The Hall–Kier alpha value is -4.08. The van der Waals surface area contributed by atoms with Crippen LogP contribution in [0.2, 0.25) is 0 Å². The molecule has 2 N–H and O–H groups in total. The monoisotopic (exact) mass is 418 g/mol. The van der Waals surface area contributed by atoms with Gasteiger partial charge in [-0.25, -0.2) is 19.2 Å². The summed E-state index contributed by atoms with van der Waals surface area (Å²) in [5, 5.41) is 18.4. The second kappa shape index (κ2) is 11.1. The van der Waals surface area contributed by atoms with Crippen LogP contribution in [0.15, 0.2) is 60.7 Å². The van der Waals surface area contributed by atoms with Gasteiger partial charge in [-0.2, -0.15) is 0 Å². The molecule has 0 unspecified atom stereocenters. The smallest absolute Gasteiger partial charge is 0.478 e. The molecule has 2 aromatic carbocycles. The summed E-state index contributed by atoms with van der Waals surface area (Å²) in [7, 11) is 0. The summed E-state index contributed by atoms with van der Waals surface area (Å²) in [6, 6.07) is 16.9. The van der Waals surface area contributed by atoms with Gasteiger partial charge in [-0.1, -0.05) is 60.7 Å². The first-order valence-corrected chi connectivity index (χ1v) is 8.57. The maximum absolute atomic E-state index is 11.8. The van der Waals surface area contributed by atoms with Gasteiger partial charge in [0.05, 0.1) is 0 Å². The summed E-state index contributed by atoms with van der Waals surface area (Å²) in [6.45, 7) is -0.465. The number of benzene rings is 2. The Morgan fingerprint density at radius 1 is 0.633 bits per heavy atom. The van der Waals surface area contributed by atoms with Crippen LogP contribution < -0.4 is 0 Å². The zero-order valence-corrected chi connectivity index (χ0v) is 15.5. The molecule has 158 valence electrons. The Morgan fingerprint density at radius 3 is 1.27 bits per heavy atom. The molecule has 2 atom stereocenters. The van der Waals surface area contributed by atoms with Crippen LogP contribution >= 0.6 is 0 Å². The molecule has 0 amide bonds. The first-order chi connectivity index (χ1) is 14.4. The van der Waals surface area contributed by atoms with E-state index in [0.717, 1.165) is 0 Å². The van der Waals surface area contributed by atoms with Crippen LogP contribution in [0.3, 0.4) is 0 Å². The molecular formula is C20H18O10. The molecule has 2 aromatic rings. The van der Waals surface area contributed by atoms with Crippen LogP contribution in [0.25, 0.3) is 0 Å². The maximum Gasteiger partial charge on any atom is 0.509 e. The van der Waals surface area contributed by atoms with E-state index in [1.54, 1.807) is 60.7 Å². The van der Waals surface area contributed by atoms with Gasteiger partial charge in [0.1, 0.15) is 13.2 Å². The van der Waals surface area contributed by atoms with Crippen LogP contribution in [0.5, 0.6) is 0 Å². The Morgan fingerprint density at radius 2 is 0.967 bits per heavy atom. The van der Waals surface area contributed by atoms with Gasteiger partial charge < -0.3 is 29.2 Å².